The summed E-state index contributed by atoms with van der Waals surface area (Å²) in [5.74, 6) is 0. The van der Waals surface area contributed by atoms with Gasteiger partial charge in [-0.25, -0.2) is 9.97 Å². The fourth-order valence-corrected chi connectivity index (χ4v) is 5.45. The van der Waals surface area contributed by atoms with Crippen LogP contribution in [0, 0.1) is 0 Å². The second-order valence-corrected chi connectivity index (χ2v) is 13.6. The van der Waals surface area contributed by atoms with Crippen LogP contribution in [0.4, 0.5) is 0 Å². The summed E-state index contributed by atoms with van der Waals surface area (Å²) < 4.78 is 0. The minimum atomic E-state index is -0.348. The van der Waals surface area contributed by atoms with E-state index in [1.807, 2.05) is 12.1 Å². The van der Waals surface area contributed by atoms with Gasteiger partial charge in [0.1, 0.15) is 0 Å². The average molecular weight is 334 g/mol. The Balaban J connectivity index is 2.70. The van der Waals surface area contributed by atoms with Crippen molar-refractivity contribution in [2.45, 2.75) is 51.9 Å². The Morgan fingerprint density at radius 1 is 0.682 bits per heavy atom. The van der Waals surface area contributed by atoms with E-state index in [9.17, 15) is 0 Å². The predicted octanol–water partition coefficient (Wildman–Crippen LogP) is 4.70. The first-order chi connectivity index (χ1) is 10.0. The number of fused-ring (bicyclic) bond motifs is 1. The zero-order valence-electron chi connectivity index (χ0n) is 15.1. The van der Waals surface area contributed by atoms with Crippen molar-refractivity contribution in [2.24, 2.45) is 0 Å². The van der Waals surface area contributed by atoms with Crippen molar-refractivity contribution in [2.75, 3.05) is 13.3 Å². The summed E-state index contributed by atoms with van der Waals surface area (Å²) >= 11 is 0. The van der Waals surface area contributed by atoms with Crippen LogP contribution in [0.1, 0.15) is 41.5 Å². The van der Waals surface area contributed by atoms with Crippen LogP contribution in [0.3, 0.4) is 0 Å². The molecule has 0 aliphatic carbocycles. The number of rotatable bonds is 2. The number of para-hydroxylation sites is 2. The molecular formula is C18H28N2P2. The molecule has 0 aliphatic rings. The van der Waals surface area contributed by atoms with Crippen molar-refractivity contribution in [1.29, 1.82) is 0 Å². The molecule has 2 rings (SSSR count). The summed E-state index contributed by atoms with van der Waals surface area (Å²) in [7, 11) is -0.695. The monoisotopic (exact) mass is 334 g/mol. The predicted molar refractivity (Wildman–Crippen MR) is 104 cm³/mol. The summed E-state index contributed by atoms with van der Waals surface area (Å²) in [4.78, 5) is 10.1. The van der Waals surface area contributed by atoms with Gasteiger partial charge in [-0.2, -0.15) is 0 Å². The largest absolute Gasteiger partial charge is 0.244 e. The topological polar surface area (TPSA) is 25.8 Å². The highest BCUT2D eigenvalue weighted by Crippen LogP contribution is 2.49. The molecule has 0 saturated heterocycles. The maximum atomic E-state index is 5.06. The summed E-state index contributed by atoms with van der Waals surface area (Å²) in [6.45, 7) is 18.6. The maximum Gasteiger partial charge on any atom is 0.0899 e. The first kappa shape index (κ1) is 17.8. The molecule has 22 heavy (non-hydrogen) atoms. The summed E-state index contributed by atoms with van der Waals surface area (Å²) in [6, 6.07) is 8.26. The standard InChI is InChI=1S/C18H28N2P2/c1-17(2,3)21(7)15-16(22(8)18(4,5)6)20-14-12-10-9-11-13(14)19-15/h9-12H,1-8H3/t21-,22-/m1/s1. The molecule has 4 heteroatoms. The molecule has 0 unspecified atom stereocenters. The van der Waals surface area contributed by atoms with Gasteiger partial charge in [-0.1, -0.05) is 69.5 Å². The van der Waals surface area contributed by atoms with E-state index in [-0.39, 0.29) is 26.2 Å². The fourth-order valence-electron chi connectivity index (χ4n) is 2.07. The highest BCUT2D eigenvalue weighted by atomic mass is 31.1. The van der Waals surface area contributed by atoms with Crippen LogP contribution < -0.4 is 10.9 Å². The Hall–Kier alpha value is -0.580. The Kier molecular flexibility index (Phi) is 4.96. The minimum Gasteiger partial charge on any atom is -0.244 e. The van der Waals surface area contributed by atoms with E-state index in [0.29, 0.717) is 0 Å². The maximum absolute atomic E-state index is 5.06. The first-order valence-electron chi connectivity index (χ1n) is 7.76. The van der Waals surface area contributed by atoms with E-state index in [2.05, 4.69) is 67.0 Å². The molecule has 2 atom stereocenters. The van der Waals surface area contributed by atoms with E-state index in [1.165, 1.54) is 10.9 Å². The van der Waals surface area contributed by atoms with E-state index < -0.39 is 0 Å². The lowest BCUT2D eigenvalue weighted by Crippen LogP contribution is -2.36. The number of hydrogen-bond donors (Lipinski definition) is 0. The second kappa shape index (κ2) is 6.14. The number of nitrogens with zero attached hydrogens (tertiary/aromatic N) is 2. The summed E-state index contributed by atoms with van der Waals surface area (Å²) in [5.41, 5.74) is 4.56. The lowest BCUT2D eigenvalue weighted by molar-refractivity contribution is 0.787. The van der Waals surface area contributed by atoms with Gasteiger partial charge in [0.2, 0.25) is 0 Å². The summed E-state index contributed by atoms with van der Waals surface area (Å²) in [5, 5.41) is 0.491. The average Bonchev–Trinajstić information content (AvgIpc) is 2.42. The van der Waals surface area contributed by atoms with Crippen molar-refractivity contribution in [1.82, 2.24) is 9.97 Å². The molecule has 0 amide bonds. The van der Waals surface area contributed by atoms with Gasteiger partial charge >= 0.3 is 0 Å². The third kappa shape index (κ3) is 3.66. The van der Waals surface area contributed by atoms with Gasteiger partial charge in [0.05, 0.1) is 21.9 Å². The molecule has 0 bridgehead atoms. The minimum absolute atomic E-state index is 0.245. The zero-order valence-corrected chi connectivity index (χ0v) is 16.9. The molecule has 0 aliphatic heterocycles. The normalized spacial score (nSPS) is 15.8. The van der Waals surface area contributed by atoms with Crippen molar-refractivity contribution < 1.29 is 0 Å². The highest BCUT2D eigenvalue weighted by molar-refractivity contribution is 7.72. The van der Waals surface area contributed by atoms with Gasteiger partial charge in [0.25, 0.3) is 0 Å². The lowest BCUT2D eigenvalue weighted by atomic mass is 10.3. The van der Waals surface area contributed by atoms with E-state index >= 15 is 0 Å². The van der Waals surface area contributed by atoms with E-state index in [0.717, 1.165) is 11.0 Å². The third-order valence-corrected chi connectivity index (χ3v) is 10.3. The molecule has 2 aromatic rings. The van der Waals surface area contributed by atoms with Crippen LogP contribution in [0.2, 0.25) is 0 Å². The van der Waals surface area contributed by atoms with Gasteiger partial charge in [-0.05, 0) is 35.8 Å². The summed E-state index contributed by atoms with van der Waals surface area (Å²) in [6.07, 6.45) is 0. The highest BCUT2D eigenvalue weighted by Gasteiger charge is 2.31. The molecule has 1 aromatic carbocycles. The van der Waals surface area contributed by atoms with Gasteiger partial charge in [0, 0.05) is 0 Å². The zero-order chi connectivity index (χ0) is 16.7. The van der Waals surface area contributed by atoms with Crippen molar-refractivity contribution in [3.8, 4) is 0 Å². The second-order valence-electron chi connectivity index (χ2n) is 7.82. The van der Waals surface area contributed by atoms with Crippen LogP contribution in [-0.2, 0) is 0 Å². The SMILES string of the molecule is C[P@](c1nc2ccccc2nc1[P@@](C)C(C)(C)C)C(C)(C)C. The Bertz CT molecular complexity index is 610. The lowest BCUT2D eigenvalue weighted by Gasteiger charge is -2.33. The van der Waals surface area contributed by atoms with Gasteiger partial charge in [-0.15, -0.1) is 0 Å². The molecule has 0 spiro atoms. The fraction of sp³-hybridized carbons (Fsp3) is 0.556. The number of aromatic nitrogens is 2. The molecule has 0 saturated carbocycles. The van der Waals surface area contributed by atoms with Gasteiger partial charge < -0.3 is 0 Å². The van der Waals surface area contributed by atoms with Crippen molar-refractivity contribution in [3.63, 3.8) is 0 Å². The smallest absolute Gasteiger partial charge is 0.0899 e. The van der Waals surface area contributed by atoms with Crippen molar-refractivity contribution in [3.05, 3.63) is 24.3 Å². The van der Waals surface area contributed by atoms with Crippen molar-refractivity contribution >= 4 is 37.7 Å². The molecule has 2 nitrogen and oxygen atoms in total. The molecule has 0 radical (unpaired) electrons. The molecule has 120 valence electrons. The number of hydrogen-bond acceptors (Lipinski definition) is 2. The van der Waals surface area contributed by atoms with Crippen LogP contribution in [0.15, 0.2) is 24.3 Å². The first-order valence-corrected chi connectivity index (χ1v) is 11.3. The Morgan fingerprint density at radius 2 is 1.00 bits per heavy atom. The van der Waals surface area contributed by atoms with Gasteiger partial charge in [0.15, 0.2) is 0 Å². The Labute approximate surface area is 137 Å². The molecule has 1 heterocycles. The van der Waals surface area contributed by atoms with Gasteiger partial charge in [-0.3, -0.25) is 0 Å². The number of benzene rings is 1. The molecule has 0 fully saturated rings. The quantitative estimate of drug-likeness (QED) is 0.744. The molecule has 1 aromatic heterocycles. The van der Waals surface area contributed by atoms with Crippen LogP contribution >= 0.6 is 15.8 Å². The van der Waals surface area contributed by atoms with Crippen LogP contribution in [-0.4, -0.2) is 33.6 Å². The third-order valence-electron chi connectivity index (χ3n) is 4.18. The van der Waals surface area contributed by atoms with Crippen LogP contribution in [0.5, 0.6) is 0 Å². The Morgan fingerprint density at radius 3 is 1.27 bits per heavy atom. The molecular weight excluding hydrogens is 306 g/mol. The van der Waals surface area contributed by atoms with Crippen LogP contribution in [0.25, 0.3) is 11.0 Å². The van der Waals surface area contributed by atoms with E-state index in [4.69, 9.17) is 9.97 Å². The molecule has 0 N–H and O–H groups in total. The van der Waals surface area contributed by atoms with E-state index in [1.54, 1.807) is 0 Å².